The zero-order chi connectivity index (χ0) is 17.2. The van der Waals surface area contributed by atoms with Crippen LogP contribution < -0.4 is 5.32 Å². The number of aryl methyl sites for hydroxylation is 1. The van der Waals surface area contributed by atoms with Gasteiger partial charge in [-0.2, -0.15) is 0 Å². The first kappa shape index (κ1) is 16.2. The van der Waals surface area contributed by atoms with Gasteiger partial charge in [0.05, 0.1) is 11.8 Å². The summed E-state index contributed by atoms with van der Waals surface area (Å²) in [6, 6.07) is 3.45. The SMILES string of the molecule is Cc1occc1-c1cc(NC(=O)N2CCC(CN3CCCC3)C2)no1. The van der Waals surface area contributed by atoms with E-state index in [2.05, 4.69) is 15.4 Å². The summed E-state index contributed by atoms with van der Waals surface area (Å²) in [5, 5.41) is 6.78. The first-order valence-corrected chi connectivity index (χ1v) is 8.98. The van der Waals surface area contributed by atoms with Crippen molar-refractivity contribution in [1.82, 2.24) is 15.0 Å². The number of anilines is 1. The second-order valence-corrected chi connectivity index (χ2v) is 7.01. The van der Waals surface area contributed by atoms with Crippen LogP contribution in [0.1, 0.15) is 25.0 Å². The highest BCUT2D eigenvalue weighted by Gasteiger charge is 2.28. The molecule has 4 rings (SSSR count). The maximum absolute atomic E-state index is 12.5. The second-order valence-electron chi connectivity index (χ2n) is 7.01. The van der Waals surface area contributed by atoms with Crippen molar-refractivity contribution in [2.45, 2.75) is 26.2 Å². The summed E-state index contributed by atoms with van der Waals surface area (Å²) in [7, 11) is 0. The fourth-order valence-corrected chi connectivity index (χ4v) is 3.79. The number of furan rings is 1. The molecular formula is C18H24N4O3. The molecule has 134 valence electrons. The van der Waals surface area contributed by atoms with Crippen LogP contribution in [0.5, 0.6) is 0 Å². The third-order valence-electron chi connectivity index (χ3n) is 5.16. The van der Waals surface area contributed by atoms with Crippen LogP contribution in [0.3, 0.4) is 0 Å². The van der Waals surface area contributed by atoms with Crippen LogP contribution in [0.25, 0.3) is 11.3 Å². The Labute approximate surface area is 146 Å². The van der Waals surface area contributed by atoms with Crippen LogP contribution in [0, 0.1) is 12.8 Å². The Hall–Kier alpha value is -2.28. The third-order valence-corrected chi connectivity index (χ3v) is 5.16. The molecule has 2 amide bonds. The van der Waals surface area contributed by atoms with E-state index in [-0.39, 0.29) is 6.03 Å². The second kappa shape index (κ2) is 6.92. The molecule has 4 heterocycles. The average molecular weight is 344 g/mol. The maximum atomic E-state index is 12.5. The van der Waals surface area contributed by atoms with Gasteiger partial charge in [0, 0.05) is 25.7 Å². The van der Waals surface area contributed by atoms with E-state index in [9.17, 15) is 4.79 Å². The number of aromatic nitrogens is 1. The topological polar surface area (TPSA) is 74.8 Å². The van der Waals surface area contributed by atoms with E-state index in [1.54, 1.807) is 12.3 Å². The zero-order valence-corrected chi connectivity index (χ0v) is 14.5. The fraction of sp³-hybridized carbons (Fsp3) is 0.556. The predicted molar refractivity (Wildman–Crippen MR) is 93.3 cm³/mol. The van der Waals surface area contributed by atoms with Gasteiger partial charge in [-0.3, -0.25) is 5.32 Å². The normalized spacial score (nSPS) is 21.2. The molecule has 2 aliphatic heterocycles. The van der Waals surface area contributed by atoms with Crippen LogP contribution in [0.4, 0.5) is 10.6 Å². The van der Waals surface area contributed by atoms with Gasteiger partial charge in [-0.25, -0.2) is 4.79 Å². The van der Waals surface area contributed by atoms with E-state index in [1.165, 1.54) is 25.9 Å². The fourth-order valence-electron chi connectivity index (χ4n) is 3.79. The molecule has 2 fully saturated rings. The molecule has 7 heteroatoms. The van der Waals surface area contributed by atoms with Crippen LogP contribution >= 0.6 is 0 Å². The van der Waals surface area contributed by atoms with Gasteiger partial charge in [-0.1, -0.05) is 5.16 Å². The lowest BCUT2D eigenvalue weighted by Crippen LogP contribution is -2.34. The Bertz CT molecular complexity index is 732. The van der Waals surface area contributed by atoms with Gasteiger partial charge >= 0.3 is 6.03 Å². The summed E-state index contributed by atoms with van der Waals surface area (Å²) in [5.41, 5.74) is 0.847. The van der Waals surface area contributed by atoms with E-state index in [0.29, 0.717) is 17.5 Å². The van der Waals surface area contributed by atoms with Crippen molar-refractivity contribution >= 4 is 11.8 Å². The monoisotopic (exact) mass is 344 g/mol. The average Bonchev–Trinajstić information content (AvgIpc) is 3.35. The van der Waals surface area contributed by atoms with Crippen molar-refractivity contribution in [1.29, 1.82) is 0 Å². The van der Waals surface area contributed by atoms with E-state index < -0.39 is 0 Å². The number of urea groups is 1. The summed E-state index contributed by atoms with van der Waals surface area (Å²) in [6.45, 7) is 7.00. The molecule has 25 heavy (non-hydrogen) atoms. The van der Waals surface area contributed by atoms with Crippen LogP contribution in [-0.4, -0.2) is 53.7 Å². The van der Waals surface area contributed by atoms with Crippen LogP contribution in [0.2, 0.25) is 0 Å². The van der Waals surface area contributed by atoms with E-state index in [0.717, 1.165) is 37.4 Å². The highest BCUT2D eigenvalue weighted by molar-refractivity contribution is 5.89. The van der Waals surface area contributed by atoms with E-state index in [1.807, 2.05) is 17.9 Å². The smallest absolute Gasteiger partial charge is 0.323 e. The molecule has 0 saturated carbocycles. The van der Waals surface area contributed by atoms with Gasteiger partial charge in [-0.15, -0.1) is 0 Å². The molecule has 0 bridgehead atoms. The molecule has 0 aliphatic carbocycles. The Morgan fingerprint density at radius 3 is 2.96 bits per heavy atom. The number of nitrogens with one attached hydrogen (secondary N) is 1. The van der Waals surface area contributed by atoms with Gasteiger partial charge in [0.15, 0.2) is 11.6 Å². The van der Waals surface area contributed by atoms with Crippen molar-refractivity contribution in [3.05, 3.63) is 24.2 Å². The summed E-state index contributed by atoms with van der Waals surface area (Å²) >= 11 is 0. The Morgan fingerprint density at radius 2 is 2.20 bits per heavy atom. The molecule has 2 aromatic rings. The van der Waals surface area contributed by atoms with Crippen molar-refractivity contribution in [2.24, 2.45) is 5.92 Å². The zero-order valence-electron chi connectivity index (χ0n) is 14.5. The van der Waals surface area contributed by atoms with Crippen molar-refractivity contribution in [3.63, 3.8) is 0 Å². The Kier molecular flexibility index (Phi) is 4.48. The Morgan fingerprint density at radius 1 is 1.36 bits per heavy atom. The molecule has 0 spiro atoms. The summed E-state index contributed by atoms with van der Waals surface area (Å²) in [4.78, 5) is 16.9. The molecule has 0 aromatic carbocycles. The highest BCUT2D eigenvalue weighted by Crippen LogP contribution is 2.27. The number of hydrogen-bond donors (Lipinski definition) is 1. The molecule has 1 atom stereocenters. The number of likely N-dealkylation sites (tertiary alicyclic amines) is 2. The number of amides is 2. The minimum Gasteiger partial charge on any atom is -0.469 e. The summed E-state index contributed by atoms with van der Waals surface area (Å²) in [5.74, 6) is 2.36. The minimum atomic E-state index is -0.104. The van der Waals surface area contributed by atoms with Gasteiger partial charge in [0.25, 0.3) is 0 Å². The molecule has 1 unspecified atom stereocenters. The molecular weight excluding hydrogens is 320 g/mol. The van der Waals surface area contributed by atoms with Gasteiger partial charge in [0.2, 0.25) is 0 Å². The largest absolute Gasteiger partial charge is 0.469 e. The number of hydrogen-bond acceptors (Lipinski definition) is 5. The van der Waals surface area contributed by atoms with Crippen LogP contribution in [0.15, 0.2) is 27.3 Å². The maximum Gasteiger partial charge on any atom is 0.323 e. The highest BCUT2D eigenvalue weighted by atomic mass is 16.5. The van der Waals surface area contributed by atoms with Crippen molar-refractivity contribution < 1.29 is 13.7 Å². The Balaban J connectivity index is 1.32. The lowest BCUT2D eigenvalue weighted by molar-refractivity contribution is 0.217. The number of rotatable bonds is 4. The molecule has 7 nitrogen and oxygen atoms in total. The molecule has 2 aliphatic rings. The molecule has 1 N–H and O–H groups in total. The standard InChI is InChI=1S/C18H24N4O3/c1-13-15(5-9-24-13)16-10-17(20-25-16)19-18(23)22-8-4-14(12-22)11-21-6-2-3-7-21/h5,9-10,14H,2-4,6-8,11-12H2,1H3,(H,19,20,23). The number of carbonyl (C=O) groups is 1. The lowest BCUT2D eigenvalue weighted by Gasteiger charge is -2.20. The van der Waals surface area contributed by atoms with Gasteiger partial charge < -0.3 is 18.7 Å². The number of carbonyl (C=O) groups excluding carboxylic acids is 1. The van der Waals surface area contributed by atoms with Crippen molar-refractivity contribution in [2.75, 3.05) is 38.0 Å². The first-order valence-electron chi connectivity index (χ1n) is 8.98. The molecule has 2 saturated heterocycles. The molecule has 0 radical (unpaired) electrons. The number of nitrogens with zero attached hydrogens (tertiary/aromatic N) is 3. The summed E-state index contributed by atoms with van der Waals surface area (Å²) in [6.07, 6.45) is 5.29. The third kappa shape index (κ3) is 3.56. The van der Waals surface area contributed by atoms with Gasteiger partial charge in [-0.05, 0) is 51.3 Å². The predicted octanol–water partition coefficient (Wildman–Crippen LogP) is 3.19. The quantitative estimate of drug-likeness (QED) is 0.922. The van der Waals surface area contributed by atoms with Crippen LogP contribution in [-0.2, 0) is 0 Å². The minimum absolute atomic E-state index is 0.104. The van der Waals surface area contributed by atoms with E-state index in [4.69, 9.17) is 8.94 Å². The van der Waals surface area contributed by atoms with Crippen molar-refractivity contribution in [3.8, 4) is 11.3 Å². The summed E-state index contributed by atoms with van der Waals surface area (Å²) < 4.78 is 10.6. The lowest BCUT2D eigenvalue weighted by atomic mass is 10.1. The molecule has 2 aromatic heterocycles. The van der Waals surface area contributed by atoms with E-state index >= 15 is 0 Å². The first-order chi connectivity index (χ1) is 12.2. The van der Waals surface area contributed by atoms with Gasteiger partial charge in [0.1, 0.15) is 5.76 Å².